The first-order chi connectivity index (χ1) is 9.01. The second-order valence-electron chi connectivity index (χ2n) is 6.31. The molecule has 1 aliphatic heterocycles. The van der Waals surface area contributed by atoms with Crippen molar-refractivity contribution in [2.24, 2.45) is 17.6 Å². The fourth-order valence-corrected chi connectivity index (χ4v) is 2.69. The fraction of sp³-hybridized carbons (Fsp3) is 0.800. The van der Waals surface area contributed by atoms with Crippen LogP contribution in [0, 0.1) is 11.8 Å². The molecule has 1 saturated heterocycles. The monoisotopic (exact) mass is 264 g/mol. The zero-order chi connectivity index (χ0) is 14.0. The highest BCUT2D eigenvalue weighted by Crippen LogP contribution is 2.23. The quantitative estimate of drug-likeness (QED) is 0.907. The Bertz CT molecular complexity index is 410. The lowest BCUT2D eigenvalue weighted by Gasteiger charge is -2.36. The number of nitrogens with zero attached hydrogens (tertiary/aromatic N) is 3. The van der Waals surface area contributed by atoms with Crippen LogP contribution in [-0.4, -0.2) is 28.7 Å². The maximum absolute atomic E-state index is 6.22. The van der Waals surface area contributed by atoms with Gasteiger partial charge in [0, 0.05) is 31.9 Å². The molecule has 0 aliphatic carbocycles. The van der Waals surface area contributed by atoms with Crippen LogP contribution in [0.25, 0.3) is 0 Å². The van der Waals surface area contributed by atoms with Crippen molar-refractivity contribution in [1.29, 1.82) is 0 Å². The third kappa shape index (κ3) is 3.30. The summed E-state index contributed by atoms with van der Waals surface area (Å²) in [5.41, 5.74) is 7.40. The summed E-state index contributed by atoms with van der Waals surface area (Å²) in [6.45, 7) is 11.9. The number of rotatable bonds is 4. The fourth-order valence-electron chi connectivity index (χ4n) is 2.69. The second-order valence-corrected chi connectivity index (χ2v) is 6.31. The van der Waals surface area contributed by atoms with E-state index in [0.717, 1.165) is 38.4 Å². The molecule has 2 N–H and O–H groups in total. The van der Waals surface area contributed by atoms with Crippen LogP contribution in [0.5, 0.6) is 0 Å². The lowest BCUT2D eigenvalue weighted by atomic mass is 9.94. The van der Waals surface area contributed by atoms with Gasteiger partial charge in [0.2, 0.25) is 5.95 Å². The van der Waals surface area contributed by atoms with Crippen LogP contribution in [0.4, 0.5) is 5.95 Å². The molecule has 2 unspecified atom stereocenters. The molecule has 2 atom stereocenters. The average molecular weight is 264 g/mol. The number of piperidine rings is 1. The van der Waals surface area contributed by atoms with Crippen LogP contribution in [0.2, 0.25) is 0 Å². The topological polar surface area (TPSA) is 47.1 Å². The average Bonchev–Trinajstić information content (AvgIpc) is 2.75. The van der Waals surface area contributed by atoms with Gasteiger partial charge in [-0.2, -0.15) is 0 Å². The van der Waals surface area contributed by atoms with Gasteiger partial charge in [-0.1, -0.05) is 27.7 Å². The molecule has 1 aliphatic rings. The molecule has 4 heteroatoms. The molecule has 0 radical (unpaired) electrons. The molecule has 4 nitrogen and oxygen atoms in total. The number of anilines is 1. The molecular formula is C15H28N4. The highest BCUT2D eigenvalue weighted by molar-refractivity contribution is 5.35. The van der Waals surface area contributed by atoms with Crippen LogP contribution in [0.3, 0.4) is 0 Å². The van der Waals surface area contributed by atoms with Crippen molar-refractivity contribution in [3.63, 3.8) is 0 Å². The molecule has 2 heterocycles. The highest BCUT2D eigenvalue weighted by Gasteiger charge is 2.26. The Morgan fingerprint density at radius 3 is 2.79 bits per heavy atom. The van der Waals surface area contributed by atoms with E-state index in [1.54, 1.807) is 0 Å². The summed E-state index contributed by atoms with van der Waals surface area (Å²) >= 11 is 0. The van der Waals surface area contributed by atoms with Crippen LogP contribution in [-0.2, 0) is 13.0 Å². The molecule has 1 fully saturated rings. The SMILES string of the molecule is CCc1cn(CC(C)C)c(N2CCC(C)C(N)C2)n1. The second kappa shape index (κ2) is 5.95. The van der Waals surface area contributed by atoms with E-state index >= 15 is 0 Å². The first kappa shape index (κ1) is 14.4. The molecule has 1 aromatic heterocycles. The third-order valence-corrected chi connectivity index (χ3v) is 4.03. The Balaban J connectivity index is 2.20. The van der Waals surface area contributed by atoms with E-state index < -0.39 is 0 Å². The summed E-state index contributed by atoms with van der Waals surface area (Å²) in [7, 11) is 0. The smallest absolute Gasteiger partial charge is 0.205 e. The van der Waals surface area contributed by atoms with Gasteiger partial charge in [0.25, 0.3) is 0 Å². The minimum atomic E-state index is 0.267. The van der Waals surface area contributed by atoms with E-state index in [1.165, 1.54) is 5.69 Å². The number of imidazole rings is 1. The van der Waals surface area contributed by atoms with Crippen LogP contribution >= 0.6 is 0 Å². The first-order valence-electron chi connectivity index (χ1n) is 7.57. The van der Waals surface area contributed by atoms with E-state index in [0.29, 0.717) is 11.8 Å². The Hall–Kier alpha value is -1.03. The summed E-state index contributed by atoms with van der Waals surface area (Å²) in [6, 6.07) is 0.267. The third-order valence-electron chi connectivity index (χ3n) is 4.03. The first-order valence-corrected chi connectivity index (χ1v) is 7.57. The highest BCUT2D eigenvalue weighted by atomic mass is 15.3. The van der Waals surface area contributed by atoms with Crippen molar-refractivity contribution in [3.05, 3.63) is 11.9 Å². The molecule has 108 valence electrons. The largest absolute Gasteiger partial charge is 0.341 e. The predicted octanol–water partition coefficient (Wildman–Crippen LogP) is 2.28. The van der Waals surface area contributed by atoms with Gasteiger partial charge in [0.1, 0.15) is 0 Å². The number of hydrogen-bond acceptors (Lipinski definition) is 3. The van der Waals surface area contributed by atoms with Crippen molar-refractivity contribution in [2.45, 2.75) is 53.1 Å². The molecule has 0 aromatic carbocycles. The molecular weight excluding hydrogens is 236 g/mol. The summed E-state index contributed by atoms with van der Waals surface area (Å²) in [6.07, 6.45) is 4.37. The van der Waals surface area contributed by atoms with Crippen molar-refractivity contribution in [1.82, 2.24) is 9.55 Å². The van der Waals surface area contributed by atoms with Crippen molar-refractivity contribution in [3.8, 4) is 0 Å². The van der Waals surface area contributed by atoms with E-state index in [9.17, 15) is 0 Å². The standard InChI is InChI=1S/C15H28N4/c1-5-13-9-19(8-11(2)3)15(17-13)18-7-6-12(4)14(16)10-18/h9,11-12,14H,5-8,10,16H2,1-4H3. The Labute approximate surface area is 117 Å². The maximum atomic E-state index is 6.22. The number of hydrogen-bond donors (Lipinski definition) is 1. The van der Waals surface area contributed by atoms with Crippen molar-refractivity contribution < 1.29 is 0 Å². The summed E-state index contributed by atoms with van der Waals surface area (Å²) in [5.74, 6) is 2.37. The molecule has 2 rings (SSSR count). The van der Waals surface area contributed by atoms with Gasteiger partial charge in [-0.25, -0.2) is 4.98 Å². The normalized spacial score (nSPS) is 24.2. The van der Waals surface area contributed by atoms with Crippen LogP contribution in [0.1, 0.15) is 39.8 Å². The summed E-state index contributed by atoms with van der Waals surface area (Å²) in [5, 5.41) is 0. The Morgan fingerprint density at radius 1 is 1.47 bits per heavy atom. The van der Waals surface area contributed by atoms with Crippen molar-refractivity contribution in [2.75, 3.05) is 18.0 Å². The van der Waals surface area contributed by atoms with Crippen LogP contribution < -0.4 is 10.6 Å². The summed E-state index contributed by atoms with van der Waals surface area (Å²) in [4.78, 5) is 7.17. The van der Waals surface area contributed by atoms with E-state index in [2.05, 4.69) is 43.4 Å². The van der Waals surface area contributed by atoms with Gasteiger partial charge in [-0.05, 0) is 24.7 Å². The van der Waals surface area contributed by atoms with Crippen LogP contribution in [0.15, 0.2) is 6.20 Å². The molecule has 19 heavy (non-hydrogen) atoms. The van der Waals surface area contributed by atoms with E-state index in [-0.39, 0.29) is 6.04 Å². The number of aromatic nitrogens is 2. The predicted molar refractivity (Wildman–Crippen MR) is 80.4 cm³/mol. The van der Waals surface area contributed by atoms with Gasteiger partial charge < -0.3 is 15.2 Å². The molecule has 0 amide bonds. The zero-order valence-corrected chi connectivity index (χ0v) is 12.8. The Kier molecular flexibility index (Phi) is 4.50. The van der Waals surface area contributed by atoms with E-state index in [1.807, 2.05) is 0 Å². The zero-order valence-electron chi connectivity index (χ0n) is 12.8. The Morgan fingerprint density at radius 2 is 2.21 bits per heavy atom. The minimum Gasteiger partial charge on any atom is -0.341 e. The van der Waals surface area contributed by atoms with Gasteiger partial charge in [0.15, 0.2) is 0 Å². The molecule has 1 aromatic rings. The van der Waals surface area contributed by atoms with Gasteiger partial charge >= 0.3 is 0 Å². The van der Waals surface area contributed by atoms with Gasteiger partial charge in [0.05, 0.1) is 5.69 Å². The van der Waals surface area contributed by atoms with E-state index in [4.69, 9.17) is 10.7 Å². The minimum absolute atomic E-state index is 0.267. The lowest BCUT2D eigenvalue weighted by molar-refractivity contribution is 0.372. The summed E-state index contributed by atoms with van der Waals surface area (Å²) < 4.78 is 2.31. The lowest BCUT2D eigenvalue weighted by Crippen LogP contribution is -2.48. The molecule has 0 spiro atoms. The molecule has 0 bridgehead atoms. The van der Waals surface area contributed by atoms with Crippen molar-refractivity contribution >= 4 is 5.95 Å². The maximum Gasteiger partial charge on any atom is 0.205 e. The molecule has 0 saturated carbocycles. The van der Waals surface area contributed by atoms with Gasteiger partial charge in [-0.15, -0.1) is 0 Å². The number of aryl methyl sites for hydroxylation is 1. The van der Waals surface area contributed by atoms with Gasteiger partial charge in [-0.3, -0.25) is 0 Å². The number of nitrogens with two attached hydrogens (primary N) is 1.